The van der Waals surface area contributed by atoms with Gasteiger partial charge >= 0.3 is 5.97 Å². The number of aliphatic carboxylic acids is 1. The van der Waals surface area contributed by atoms with E-state index in [1.165, 1.54) is 11.8 Å². The van der Waals surface area contributed by atoms with Crippen molar-refractivity contribution >= 4 is 34.3 Å². The molecule has 1 N–H and O–H groups in total. The molecule has 0 spiro atoms. The molecule has 0 amide bonds. The molecule has 0 aliphatic heterocycles. The lowest BCUT2D eigenvalue weighted by atomic mass is 10.3. The minimum absolute atomic E-state index is 0.0631. The van der Waals surface area contributed by atoms with Gasteiger partial charge in [0.15, 0.2) is 0 Å². The van der Waals surface area contributed by atoms with Crippen LogP contribution < -0.4 is 0 Å². The minimum Gasteiger partial charge on any atom is -0.481 e. The van der Waals surface area contributed by atoms with Gasteiger partial charge in [-0.3, -0.25) is 4.79 Å². The molecular weight excluding hydrogens is 242 g/mol. The molecule has 0 aliphatic carbocycles. The Kier molecular flexibility index (Phi) is 9.72. The molecule has 0 fully saturated rings. The van der Waals surface area contributed by atoms with Crippen molar-refractivity contribution in [2.75, 3.05) is 18.8 Å². The highest BCUT2D eigenvalue weighted by molar-refractivity contribution is 8.23. The van der Waals surface area contributed by atoms with Crippen LogP contribution >= 0.6 is 24.0 Å². The molecule has 0 aromatic heterocycles. The van der Waals surface area contributed by atoms with Crippen molar-refractivity contribution in [3.63, 3.8) is 0 Å². The lowest BCUT2D eigenvalue weighted by molar-refractivity contribution is -0.133. The average Bonchev–Trinajstić information content (AvgIpc) is 2.26. The normalized spacial score (nSPS) is 10.1. The first kappa shape index (κ1) is 15.7. The second-order valence-corrected chi connectivity index (χ2v) is 5.25. The molecule has 0 bridgehead atoms. The van der Waals surface area contributed by atoms with E-state index in [2.05, 4.69) is 18.7 Å². The molecule has 0 radical (unpaired) electrons. The Morgan fingerprint density at radius 3 is 2.12 bits per heavy atom. The molecular formula is C11H21NO2S2. The second kappa shape index (κ2) is 9.90. The Morgan fingerprint density at radius 1 is 1.25 bits per heavy atom. The van der Waals surface area contributed by atoms with Crippen molar-refractivity contribution < 1.29 is 9.90 Å². The first-order valence-electron chi connectivity index (χ1n) is 5.75. The van der Waals surface area contributed by atoms with Crippen LogP contribution in [0.2, 0.25) is 0 Å². The molecule has 94 valence electrons. The summed E-state index contributed by atoms with van der Waals surface area (Å²) in [6, 6.07) is 0. The third-order valence-corrected chi connectivity index (χ3v) is 3.65. The topological polar surface area (TPSA) is 40.5 Å². The summed E-state index contributed by atoms with van der Waals surface area (Å²) >= 11 is 6.50. The molecule has 0 rings (SSSR count). The maximum Gasteiger partial charge on any atom is 0.313 e. The zero-order valence-electron chi connectivity index (χ0n) is 10.1. The second-order valence-electron chi connectivity index (χ2n) is 3.64. The van der Waals surface area contributed by atoms with Crippen molar-refractivity contribution in [1.82, 2.24) is 4.90 Å². The maximum atomic E-state index is 10.5. The number of thioether (sulfide) groups is 1. The monoisotopic (exact) mass is 263 g/mol. The first-order valence-corrected chi connectivity index (χ1v) is 7.14. The summed E-state index contributed by atoms with van der Waals surface area (Å²) in [5.74, 6) is -0.744. The van der Waals surface area contributed by atoms with Gasteiger partial charge in [-0.2, -0.15) is 0 Å². The maximum absolute atomic E-state index is 10.5. The van der Waals surface area contributed by atoms with Crippen LogP contribution in [0, 0.1) is 0 Å². The number of carbonyl (C=O) groups is 1. The van der Waals surface area contributed by atoms with Crippen LogP contribution in [0.3, 0.4) is 0 Å². The molecule has 0 aliphatic rings. The Morgan fingerprint density at radius 2 is 1.75 bits per heavy atom. The van der Waals surface area contributed by atoms with Crippen LogP contribution in [0.1, 0.15) is 39.5 Å². The zero-order chi connectivity index (χ0) is 12.4. The van der Waals surface area contributed by atoms with Crippen LogP contribution in [-0.4, -0.2) is 39.1 Å². The number of carboxylic acids is 1. The van der Waals surface area contributed by atoms with E-state index in [1.807, 2.05) is 0 Å². The van der Waals surface area contributed by atoms with E-state index in [0.717, 1.165) is 43.1 Å². The summed E-state index contributed by atoms with van der Waals surface area (Å²) in [6.07, 6.45) is 4.48. The molecule has 0 aromatic rings. The van der Waals surface area contributed by atoms with E-state index in [9.17, 15) is 4.79 Å². The lowest BCUT2D eigenvalue weighted by Crippen LogP contribution is -2.30. The first-order chi connectivity index (χ1) is 7.61. The van der Waals surface area contributed by atoms with Gasteiger partial charge < -0.3 is 10.0 Å². The molecule has 0 heterocycles. The standard InChI is InChI=1S/C11H21NO2S2/c1-3-5-7-12(8-6-4-2)11(15)16-9-10(13)14/h3-9H2,1-2H3,(H,13,14). The van der Waals surface area contributed by atoms with E-state index in [4.69, 9.17) is 17.3 Å². The summed E-state index contributed by atoms with van der Waals surface area (Å²) < 4.78 is 0.726. The molecule has 0 saturated carbocycles. The van der Waals surface area contributed by atoms with Crippen molar-refractivity contribution in [3.8, 4) is 0 Å². The van der Waals surface area contributed by atoms with Gasteiger partial charge in [-0.1, -0.05) is 50.7 Å². The highest BCUT2D eigenvalue weighted by Crippen LogP contribution is 2.11. The van der Waals surface area contributed by atoms with Crippen molar-refractivity contribution in [2.45, 2.75) is 39.5 Å². The third kappa shape index (κ3) is 7.93. The van der Waals surface area contributed by atoms with Gasteiger partial charge in [0.05, 0.1) is 5.75 Å². The number of hydrogen-bond acceptors (Lipinski definition) is 3. The average molecular weight is 263 g/mol. The lowest BCUT2D eigenvalue weighted by Gasteiger charge is -2.24. The molecule has 0 atom stereocenters. The van der Waals surface area contributed by atoms with E-state index in [0.29, 0.717) is 0 Å². The van der Waals surface area contributed by atoms with Gasteiger partial charge in [0.2, 0.25) is 0 Å². The van der Waals surface area contributed by atoms with Gasteiger partial charge in [-0.25, -0.2) is 0 Å². The van der Waals surface area contributed by atoms with Crippen molar-refractivity contribution in [3.05, 3.63) is 0 Å². The highest BCUT2D eigenvalue weighted by Gasteiger charge is 2.10. The minimum atomic E-state index is -0.807. The SMILES string of the molecule is CCCCN(CCCC)C(=S)SCC(=O)O. The van der Waals surface area contributed by atoms with Gasteiger partial charge in [0, 0.05) is 13.1 Å². The highest BCUT2D eigenvalue weighted by atomic mass is 32.2. The summed E-state index contributed by atoms with van der Waals surface area (Å²) in [5.41, 5.74) is 0. The molecule has 0 aromatic carbocycles. The smallest absolute Gasteiger partial charge is 0.313 e. The Labute approximate surface area is 108 Å². The van der Waals surface area contributed by atoms with Crippen LogP contribution in [-0.2, 0) is 4.79 Å². The molecule has 5 heteroatoms. The number of rotatable bonds is 8. The van der Waals surface area contributed by atoms with Crippen molar-refractivity contribution in [2.24, 2.45) is 0 Å². The summed E-state index contributed by atoms with van der Waals surface area (Å²) in [4.78, 5) is 12.6. The number of unbranched alkanes of at least 4 members (excludes halogenated alkanes) is 2. The fourth-order valence-electron chi connectivity index (χ4n) is 1.21. The Balaban J connectivity index is 4.03. The largest absolute Gasteiger partial charge is 0.481 e. The summed E-state index contributed by atoms with van der Waals surface area (Å²) in [6.45, 7) is 6.18. The number of hydrogen-bond donors (Lipinski definition) is 1. The van der Waals surface area contributed by atoms with Crippen LogP contribution in [0.5, 0.6) is 0 Å². The number of thiocarbonyl (C=S) groups is 1. The summed E-state index contributed by atoms with van der Waals surface area (Å²) in [5, 5.41) is 8.60. The third-order valence-electron chi connectivity index (χ3n) is 2.14. The quantitative estimate of drug-likeness (QED) is 0.682. The summed E-state index contributed by atoms with van der Waals surface area (Å²) in [7, 11) is 0. The van der Waals surface area contributed by atoms with Gasteiger partial charge in [-0.05, 0) is 12.8 Å². The van der Waals surface area contributed by atoms with Crippen LogP contribution in [0.15, 0.2) is 0 Å². The predicted molar refractivity (Wildman–Crippen MR) is 74.1 cm³/mol. The van der Waals surface area contributed by atoms with E-state index >= 15 is 0 Å². The van der Waals surface area contributed by atoms with E-state index in [-0.39, 0.29) is 5.75 Å². The van der Waals surface area contributed by atoms with Crippen molar-refractivity contribution in [1.29, 1.82) is 0 Å². The molecule has 0 unspecified atom stereocenters. The van der Waals surface area contributed by atoms with Gasteiger partial charge in [-0.15, -0.1) is 0 Å². The number of nitrogens with zero attached hydrogens (tertiary/aromatic N) is 1. The van der Waals surface area contributed by atoms with E-state index < -0.39 is 5.97 Å². The molecule has 3 nitrogen and oxygen atoms in total. The van der Waals surface area contributed by atoms with Crippen LogP contribution in [0.4, 0.5) is 0 Å². The number of carboxylic acid groups (broad SMARTS) is 1. The fraction of sp³-hybridized carbons (Fsp3) is 0.818. The molecule has 16 heavy (non-hydrogen) atoms. The predicted octanol–water partition coefficient (Wildman–Crippen LogP) is 2.99. The zero-order valence-corrected chi connectivity index (χ0v) is 11.7. The Hall–Kier alpha value is -0.290. The molecule has 0 saturated heterocycles. The van der Waals surface area contributed by atoms with Gasteiger partial charge in [0.25, 0.3) is 0 Å². The van der Waals surface area contributed by atoms with Crippen LogP contribution in [0.25, 0.3) is 0 Å². The fourth-order valence-corrected chi connectivity index (χ4v) is 2.18. The van der Waals surface area contributed by atoms with E-state index in [1.54, 1.807) is 0 Å². The van der Waals surface area contributed by atoms with Gasteiger partial charge in [0.1, 0.15) is 4.32 Å². The Bertz CT molecular complexity index is 214.